The summed E-state index contributed by atoms with van der Waals surface area (Å²) in [4.78, 5) is 36.3. The van der Waals surface area contributed by atoms with Gasteiger partial charge in [0.15, 0.2) is 18.5 Å². The fourth-order valence-electron chi connectivity index (χ4n) is 6.23. The van der Waals surface area contributed by atoms with E-state index in [1.54, 1.807) is 20.8 Å². The quantitative estimate of drug-likeness (QED) is 0.128. The van der Waals surface area contributed by atoms with Gasteiger partial charge in [0, 0.05) is 17.7 Å². The molecule has 8 heteroatoms. The number of benzene rings is 2. The Bertz CT molecular complexity index is 1240. The number of carbonyl (C=O) groups excluding carboxylic acids is 3. The highest BCUT2D eigenvalue weighted by Crippen LogP contribution is 2.39. The van der Waals surface area contributed by atoms with Gasteiger partial charge in [-0.1, -0.05) is 80.8 Å². The van der Waals surface area contributed by atoms with Crippen molar-refractivity contribution in [2.45, 2.75) is 103 Å². The first-order valence-electron chi connectivity index (χ1n) is 16.6. The Balaban J connectivity index is 1.22. The van der Waals surface area contributed by atoms with Crippen LogP contribution in [0.1, 0.15) is 102 Å². The van der Waals surface area contributed by atoms with Crippen molar-refractivity contribution in [2.24, 2.45) is 5.92 Å². The monoisotopic (exact) mass is 619 g/mol. The van der Waals surface area contributed by atoms with Crippen molar-refractivity contribution < 1.29 is 33.3 Å². The summed E-state index contributed by atoms with van der Waals surface area (Å²) >= 11 is 0. The summed E-state index contributed by atoms with van der Waals surface area (Å²) in [5, 5.41) is 2.91. The van der Waals surface area contributed by atoms with E-state index in [4.69, 9.17) is 18.9 Å². The lowest BCUT2D eigenvalue weighted by atomic mass is 9.77. The molecule has 1 aliphatic heterocycles. The second-order valence-corrected chi connectivity index (χ2v) is 12.2. The maximum absolute atomic E-state index is 12.4. The maximum Gasteiger partial charge on any atom is 0.338 e. The Hall–Kier alpha value is -3.49. The van der Waals surface area contributed by atoms with E-state index in [9.17, 15) is 14.4 Å². The summed E-state index contributed by atoms with van der Waals surface area (Å²) in [6.07, 6.45) is 7.86. The van der Waals surface area contributed by atoms with Gasteiger partial charge >= 0.3 is 11.9 Å². The molecule has 2 aliphatic rings. The molecule has 8 nitrogen and oxygen atoms in total. The summed E-state index contributed by atoms with van der Waals surface area (Å²) in [6, 6.07) is 16.7. The third-order valence-electron chi connectivity index (χ3n) is 8.81. The molecule has 1 N–H and O–H groups in total. The second kappa shape index (κ2) is 17.3. The molecular formula is C37H49NO7. The zero-order valence-electron chi connectivity index (χ0n) is 27.1. The molecule has 2 aromatic carbocycles. The van der Waals surface area contributed by atoms with Crippen LogP contribution in [0.5, 0.6) is 0 Å². The Kier molecular flexibility index (Phi) is 13.2. The molecule has 4 rings (SSSR count). The van der Waals surface area contributed by atoms with E-state index in [1.165, 1.54) is 50.5 Å². The Morgan fingerprint density at radius 1 is 0.756 bits per heavy atom. The van der Waals surface area contributed by atoms with Crippen molar-refractivity contribution in [3.63, 3.8) is 0 Å². The average molecular weight is 620 g/mol. The van der Waals surface area contributed by atoms with Gasteiger partial charge in [-0.25, -0.2) is 9.59 Å². The lowest BCUT2D eigenvalue weighted by molar-refractivity contribution is -0.163. The zero-order chi connectivity index (χ0) is 32.2. The van der Waals surface area contributed by atoms with Crippen molar-refractivity contribution in [3.8, 4) is 11.1 Å². The van der Waals surface area contributed by atoms with E-state index in [0.29, 0.717) is 17.1 Å². The molecule has 2 aromatic rings. The van der Waals surface area contributed by atoms with E-state index in [1.807, 2.05) is 24.3 Å². The van der Waals surface area contributed by atoms with Crippen LogP contribution in [0.4, 0.5) is 0 Å². The second-order valence-electron chi connectivity index (χ2n) is 12.2. The Morgan fingerprint density at radius 3 is 1.78 bits per heavy atom. The fraction of sp³-hybridized carbons (Fsp3) is 0.541. The molecule has 1 saturated heterocycles. The normalized spacial score (nSPS) is 21.7. The largest absolute Gasteiger partial charge is 0.464 e. The third kappa shape index (κ3) is 9.75. The Labute approximate surface area is 267 Å². The molecule has 0 unspecified atom stereocenters. The smallest absolute Gasteiger partial charge is 0.338 e. The van der Waals surface area contributed by atoms with Crippen molar-refractivity contribution >= 4 is 17.8 Å². The minimum atomic E-state index is -1.17. The van der Waals surface area contributed by atoms with Gasteiger partial charge in [-0.3, -0.25) is 4.79 Å². The van der Waals surface area contributed by atoms with Crippen LogP contribution in [-0.4, -0.2) is 49.8 Å². The molecule has 0 radical (unpaired) electrons. The van der Waals surface area contributed by atoms with Crippen LogP contribution < -0.4 is 5.32 Å². The first-order valence-corrected chi connectivity index (χ1v) is 16.6. The van der Waals surface area contributed by atoms with Crippen molar-refractivity contribution in [3.05, 3.63) is 71.8 Å². The van der Waals surface area contributed by atoms with E-state index >= 15 is 0 Å². The number of nitrogens with one attached hydrogen (secondary N) is 1. The van der Waals surface area contributed by atoms with Gasteiger partial charge in [-0.2, -0.15) is 0 Å². The Morgan fingerprint density at radius 2 is 1.27 bits per heavy atom. The topological polar surface area (TPSA) is 100 Å². The number of rotatable bonds is 15. The molecule has 0 aromatic heterocycles. The van der Waals surface area contributed by atoms with Crippen LogP contribution >= 0.6 is 0 Å². The van der Waals surface area contributed by atoms with Crippen LogP contribution in [0.25, 0.3) is 11.1 Å². The lowest BCUT2D eigenvalue weighted by Crippen LogP contribution is -2.39. The minimum Gasteiger partial charge on any atom is -0.464 e. The number of amides is 1. The summed E-state index contributed by atoms with van der Waals surface area (Å²) in [6.45, 7) is 9.89. The maximum atomic E-state index is 12.4. The summed E-state index contributed by atoms with van der Waals surface area (Å²) in [7, 11) is 0. The summed E-state index contributed by atoms with van der Waals surface area (Å²) < 4.78 is 21.8. The number of hydrogen-bond donors (Lipinski definition) is 1. The minimum absolute atomic E-state index is 0.0406. The highest BCUT2D eigenvalue weighted by atomic mass is 16.8. The van der Waals surface area contributed by atoms with Gasteiger partial charge in [0.2, 0.25) is 5.91 Å². The lowest BCUT2D eigenvalue weighted by Gasteiger charge is -2.29. The predicted molar refractivity (Wildman–Crippen MR) is 173 cm³/mol. The molecule has 2 atom stereocenters. The predicted octanol–water partition coefficient (Wildman–Crippen LogP) is 7.18. The van der Waals surface area contributed by atoms with Gasteiger partial charge < -0.3 is 24.3 Å². The number of unbranched alkanes of at least 4 members (excludes halogenated alkanes) is 3. The van der Waals surface area contributed by atoms with Crippen molar-refractivity contribution in [2.75, 3.05) is 19.8 Å². The van der Waals surface area contributed by atoms with Crippen LogP contribution in [0.15, 0.2) is 60.7 Å². The standard InChI is InChI=1S/C37H49NO7/c1-5-42-35(40)32-33(36(41)43-6-2)45-37(44-32)31-22-20-30(21-23-31)29-18-16-28(17-19-29)27-14-12-26(13-15-27)11-9-7-8-10-24-38-34(39)25(3)4/h16-23,26-27,32-33,37H,3,5-15,24H2,1-2,4H3,(H,38,39)/t26-,27-,32-,33-/m1/s1. The van der Waals surface area contributed by atoms with E-state index < -0.39 is 30.4 Å². The van der Waals surface area contributed by atoms with Gasteiger partial charge in [0.25, 0.3) is 0 Å². The first-order chi connectivity index (χ1) is 21.8. The molecule has 1 amide bonds. The van der Waals surface area contributed by atoms with Gasteiger partial charge in [-0.15, -0.1) is 0 Å². The third-order valence-corrected chi connectivity index (χ3v) is 8.81. The number of esters is 2. The first kappa shape index (κ1) is 34.4. The SMILES string of the molecule is C=C(C)C(=O)NCCCCCC[C@H]1CC[C@H](c2ccc(-c3ccc(C4O[C@@H](C(=O)OCC)[C@H](C(=O)OCC)O4)cc3)cc2)CC1. The molecule has 244 valence electrons. The molecular weight excluding hydrogens is 570 g/mol. The molecule has 1 heterocycles. The average Bonchev–Trinajstić information content (AvgIpc) is 3.51. The molecule has 0 spiro atoms. The van der Waals surface area contributed by atoms with Crippen LogP contribution in [0.3, 0.4) is 0 Å². The summed E-state index contributed by atoms with van der Waals surface area (Å²) in [5.74, 6) is 0.123. The van der Waals surface area contributed by atoms with E-state index in [0.717, 1.165) is 36.4 Å². The van der Waals surface area contributed by atoms with Crippen LogP contribution in [-0.2, 0) is 33.3 Å². The summed E-state index contributed by atoms with van der Waals surface area (Å²) in [5.41, 5.74) is 4.88. The van der Waals surface area contributed by atoms with Gasteiger partial charge in [0.05, 0.1) is 13.2 Å². The number of carbonyl (C=O) groups is 3. The molecule has 45 heavy (non-hydrogen) atoms. The van der Waals surface area contributed by atoms with Gasteiger partial charge in [0.1, 0.15) is 0 Å². The molecule has 0 bridgehead atoms. The van der Waals surface area contributed by atoms with Crippen molar-refractivity contribution in [1.29, 1.82) is 0 Å². The molecule has 2 fully saturated rings. The van der Waals surface area contributed by atoms with E-state index in [-0.39, 0.29) is 19.1 Å². The van der Waals surface area contributed by atoms with Crippen LogP contribution in [0.2, 0.25) is 0 Å². The number of hydrogen-bond acceptors (Lipinski definition) is 7. The highest BCUT2D eigenvalue weighted by Gasteiger charge is 2.47. The highest BCUT2D eigenvalue weighted by molar-refractivity contribution is 5.92. The number of ether oxygens (including phenoxy) is 4. The van der Waals surface area contributed by atoms with E-state index in [2.05, 4.69) is 36.2 Å². The van der Waals surface area contributed by atoms with Gasteiger partial charge in [-0.05, 0) is 81.4 Å². The fourth-order valence-corrected chi connectivity index (χ4v) is 6.23. The molecule has 1 saturated carbocycles. The van der Waals surface area contributed by atoms with Crippen LogP contribution in [0, 0.1) is 5.92 Å². The van der Waals surface area contributed by atoms with Crippen molar-refractivity contribution in [1.82, 2.24) is 5.32 Å². The zero-order valence-corrected chi connectivity index (χ0v) is 27.1. The molecule has 1 aliphatic carbocycles.